The number of nitrogens with one attached hydrogen (secondary N) is 2. The molecule has 1 heterocycles. The zero-order valence-electron chi connectivity index (χ0n) is 10.2. The number of benzene rings is 1. The van der Waals surface area contributed by atoms with E-state index in [4.69, 9.17) is 5.73 Å². The summed E-state index contributed by atoms with van der Waals surface area (Å²) in [5, 5.41) is 20.3. The predicted molar refractivity (Wildman–Crippen MR) is 68.7 cm³/mol. The van der Waals surface area contributed by atoms with Crippen LogP contribution in [0.15, 0.2) is 18.2 Å². The minimum absolute atomic E-state index is 0.0881. The Morgan fingerprint density at radius 2 is 2.37 bits per heavy atom. The Morgan fingerprint density at radius 1 is 1.63 bits per heavy atom. The van der Waals surface area contributed by atoms with E-state index in [1.54, 1.807) is 6.92 Å². The molecule has 0 aliphatic heterocycles. The molecule has 1 aromatic heterocycles. The molecule has 100 valence electrons. The molecular weight excluding hydrogens is 250 g/mol. The van der Waals surface area contributed by atoms with Crippen LogP contribution in [0.3, 0.4) is 0 Å². The second-order valence-electron chi connectivity index (χ2n) is 4.17. The van der Waals surface area contributed by atoms with Gasteiger partial charge in [-0.3, -0.25) is 20.0 Å². The molecule has 0 unspecified atom stereocenters. The highest BCUT2D eigenvalue weighted by Gasteiger charge is 2.18. The Kier molecular flexibility index (Phi) is 3.43. The number of carbonyl (C=O) groups is 1. The van der Waals surface area contributed by atoms with Gasteiger partial charge in [-0.15, -0.1) is 0 Å². The number of nitrogens with zero attached hydrogens (tertiary/aromatic N) is 2. The lowest BCUT2D eigenvalue weighted by Gasteiger charge is -2.09. The molecule has 0 aliphatic carbocycles. The summed E-state index contributed by atoms with van der Waals surface area (Å²) >= 11 is 0. The molecular formula is C11H13N5O3. The van der Waals surface area contributed by atoms with Gasteiger partial charge in [-0.2, -0.15) is 5.10 Å². The van der Waals surface area contributed by atoms with Crippen LogP contribution in [-0.2, 0) is 0 Å². The molecule has 2 rings (SSSR count). The minimum Gasteiger partial charge on any atom is -0.347 e. The molecule has 8 nitrogen and oxygen atoms in total. The highest BCUT2D eigenvalue weighted by molar-refractivity contribution is 6.05. The minimum atomic E-state index is -0.517. The number of nitro groups is 1. The summed E-state index contributed by atoms with van der Waals surface area (Å²) in [7, 11) is 0. The van der Waals surface area contributed by atoms with Crippen LogP contribution >= 0.6 is 0 Å². The molecule has 0 spiro atoms. The van der Waals surface area contributed by atoms with E-state index in [0.717, 1.165) is 0 Å². The summed E-state index contributed by atoms with van der Waals surface area (Å²) in [5.74, 6) is -0.412. The Labute approximate surface area is 108 Å². The number of aromatic nitrogens is 2. The number of non-ortho nitro benzene ring substituents is 1. The number of nitro benzene ring substituents is 1. The van der Waals surface area contributed by atoms with Gasteiger partial charge in [-0.1, -0.05) is 0 Å². The lowest BCUT2D eigenvalue weighted by Crippen LogP contribution is -2.38. The Morgan fingerprint density at radius 3 is 3.00 bits per heavy atom. The van der Waals surface area contributed by atoms with E-state index in [9.17, 15) is 14.9 Å². The molecule has 1 amide bonds. The molecule has 0 fully saturated rings. The van der Waals surface area contributed by atoms with Crippen LogP contribution < -0.4 is 11.1 Å². The van der Waals surface area contributed by atoms with Crippen LogP contribution in [0, 0.1) is 10.1 Å². The van der Waals surface area contributed by atoms with Crippen LogP contribution in [0.4, 0.5) is 5.69 Å². The van der Waals surface area contributed by atoms with E-state index in [1.165, 1.54) is 18.2 Å². The lowest BCUT2D eigenvalue weighted by atomic mass is 10.1. The summed E-state index contributed by atoms with van der Waals surface area (Å²) in [5.41, 5.74) is 6.02. The molecule has 2 aromatic rings. The number of amides is 1. The van der Waals surface area contributed by atoms with Crippen LogP contribution in [0.2, 0.25) is 0 Å². The van der Waals surface area contributed by atoms with Gasteiger partial charge >= 0.3 is 0 Å². The van der Waals surface area contributed by atoms with E-state index in [2.05, 4.69) is 15.5 Å². The number of hydrogen-bond donors (Lipinski definition) is 3. The molecule has 8 heteroatoms. The molecule has 1 atom stereocenters. The average Bonchev–Trinajstić information content (AvgIpc) is 2.81. The predicted octanol–water partition coefficient (Wildman–Crippen LogP) is 0.548. The molecule has 0 aliphatic rings. The maximum Gasteiger partial charge on any atom is 0.272 e. The Bertz CT molecular complexity index is 636. The van der Waals surface area contributed by atoms with Gasteiger partial charge in [0.1, 0.15) is 0 Å². The van der Waals surface area contributed by atoms with E-state index in [1.807, 2.05) is 0 Å². The summed E-state index contributed by atoms with van der Waals surface area (Å²) in [6, 6.07) is 3.99. The first-order valence-electron chi connectivity index (χ1n) is 5.66. The third-order valence-corrected chi connectivity index (χ3v) is 2.70. The van der Waals surface area contributed by atoms with Crippen LogP contribution in [-0.4, -0.2) is 33.6 Å². The maximum atomic E-state index is 12.0. The fourth-order valence-corrected chi connectivity index (χ4v) is 1.64. The number of fused-ring (bicyclic) bond motifs is 1. The van der Waals surface area contributed by atoms with Gasteiger partial charge in [0.05, 0.1) is 10.4 Å². The SMILES string of the molecule is C[C@@H](CN)NC(=O)c1n[nH]c2ccc([N+](=O)[O-])cc12. The molecule has 0 saturated carbocycles. The number of rotatable bonds is 4. The summed E-state index contributed by atoms with van der Waals surface area (Å²) in [6.45, 7) is 2.06. The number of aromatic amines is 1. The Hall–Kier alpha value is -2.48. The zero-order valence-corrected chi connectivity index (χ0v) is 10.2. The number of H-pyrrole nitrogens is 1. The molecule has 0 bridgehead atoms. The van der Waals surface area contributed by atoms with Gasteiger partial charge in [0.25, 0.3) is 11.6 Å². The second kappa shape index (κ2) is 5.02. The third-order valence-electron chi connectivity index (χ3n) is 2.70. The molecule has 4 N–H and O–H groups in total. The van der Waals surface area contributed by atoms with Crippen molar-refractivity contribution in [3.05, 3.63) is 34.0 Å². The van der Waals surface area contributed by atoms with Gasteiger partial charge < -0.3 is 11.1 Å². The number of carbonyl (C=O) groups excluding carboxylic acids is 1. The van der Waals surface area contributed by atoms with Crippen molar-refractivity contribution in [2.45, 2.75) is 13.0 Å². The van der Waals surface area contributed by atoms with E-state index >= 15 is 0 Å². The zero-order chi connectivity index (χ0) is 14.0. The first-order chi connectivity index (χ1) is 9.02. The first kappa shape index (κ1) is 13.0. The quantitative estimate of drug-likeness (QED) is 0.548. The van der Waals surface area contributed by atoms with Crippen LogP contribution in [0.25, 0.3) is 10.9 Å². The van der Waals surface area contributed by atoms with Crippen LogP contribution in [0.5, 0.6) is 0 Å². The number of hydrogen-bond acceptors (Lipinski definition) is 5. The van der Waals surface area contributed by atoms with Gasteiger partial charge in [0.15, 0.2) is 5.69 Å². The van der Waals surface area contributed by atoms with Gasteiger partial charge in [0, 0.05) is 30.1 Å². The van der Waals surface area contributed by atoms with Crippen LogP contribution in [0.1, 0.15) is 17.4 Å². The lowest BCUT2D eigenvalue weighted by molar-refractivity contribution is -0.384. The molecule has 0 radical (unpaired) electrons. The van der Waals surface area contributed by atoms with Crippen molar-refractivity contribution in [1.82, 2.24) is 15.5 Å². The Balaban J connectivity index is 2.40. The van der Waals surface area contributed by atoms with Crippen molar-refractivity contribution in [2.75, 3.05) is 6.54 Å². The fourth-order valence-electron chi connectivity index (χ4n) is 1.64. The molecule has 0 saturated heterocycles. The molecule has 19 heavy (non-hydrogen) atoms. The highest BCUT2D eigenvalue weighted by Crippen LogP contribution is 2.21. The van der Waals surface area contributed by atoms with Gasteiger partial charge in [0.2, 0.25) is 0 Å². The first-order valence-corrected chi connectivity index (χ1v) is 5.66. The normalized spacial score (nSPS) is 12.3. The van der Waals surface area contributed by atoms with Crippen molar-refractivity contribution in [2.24, 2.45) is 5.73 Å². The second-order valence-corrected chi connectivity index (χ2v) is 4.17. The maximum absolute atomic E-state index is 12.0. The van der Waals surface area contributed by atoms with Gasteiger partial charge in [-0.25, -0.2) is 0 Å². The van der Waals surface area contributed by atoms with E-state index in [0.29, 0.717) is 17.4 Å². The van der Waals surface area contributed by atoms with Crippen molar-refractivity contribution in [1.29, 1.82) is 0 Å². The fraction of sp³-hybridized carbons (Fsp3) is 0.273. The van der Waals surface area contributed by atoms with Crippen molar-refractivity contribution >= 4 is 22.5 Å². The van der Waals surface area contributed by atoms with Crippen molar-refractivity contribution in [3.8, 4) is 0 Å². The monoisotopic (exact) mass is 263 g/mol. The average molecular weight is 263 g/mol. The van der Waals surface area contributed by atoms with Gasteiger partial charge in [-0.05, 0) is 13.0 Å². The number of nitrogens with two attached hydrogens (primary N) is 1. The standard InChI is InChI=1S/C11H13N5O3/c1-6(5-12)13-11(17)10-8-4-7(16(18)19)2-3-9(8)14-15-10/h2-4,6H,5,12H2,1H3,(H,13,17)(H,14,15)/t6-/m0/s1. The molecule has 1 aromatic carbocycles. The largest absolute Gasteiger partial charge is 0.347 e. The summed E-state index contributed by atoms with van der Waals surface area (Å²) in [4.78, 5) is 22.2. The summed E-state index contributed by atoms with van der Waals surface area (Å²) in [6.07, 6.45) is 0. The van der Waals surface area contributed by atoms with E-state index in [-0.39, 0.29) is 17.4 Å². The topological polar surface area (TPSA) is 127 Å². The van der Waals surface area contributed by atoms with Crippen molar-refractivity contribution in [3.63, 3.8) is 0 Å². The smallest absolute Gasteiger partial charge is 0.272 e. The third kappa shape index (κ3) is 2.52. The van der Waals surface area contributed by atoms with E-state index < -0.39 is 10.8 Å². The highest BCUT2D eigenvalue weighted by atomic mass is 16.6. The van der Waals surface area contributed by atoms with Crippen molar-refractivity contribution < 1.29 is 9.72 Å². The summed E-state index contributed by atoms with van der Waals surface area (Å²) < 4.78 is 0.